The minimum Gasteiger partial charge on any atom is -0.320 e. The van der Waals surface area contributed by atoms with Crippen molar-refractivity contribution in [2.45, 2.75) is 19.1 Å². The average Bonchev–Trinajstić information content (AvgIpc) is 2.46. The van der Waals surface area contributed by atoms with Gasteiger partial charge in [0.15, 0.2) is 0 Å². The topological polar surface area (TPSA) is 32.5 Å². The van der Waals surface area contributed by atoms with Crippen LogP contribution < -0.4 is 5.73 Å². The molecule has 0 radical (unpaired) electrons. The molecule has 0 bridgehead atoms. The number of hydrogen-bond acceptors (Lipinski definition) is 3. The molecule has 0 amide bonds. The lowest BCUT2D eigenvalue weighted by Gasteiger charge is -2.16. The number of hydrogen-bond donors (Lipinski definition) is 1. The molecule has 0 saturated carbocycles. The van der Waals surface area contributed by atoms with Crippen molar-refractivity contribution in [1.29, 1.82) is 0 Å². The maximum atomic E-state index is 6.44. The maximum Gasteiger partial charge on any atom is 0.0551 e. The minimum atomic E-state index is -0.0736. The van der Waals surface area contributed by atoms with Gasteiger partial charge < -0.3 is 15.5 Å². The summed E-state index contributed by atoms with van der Waals surface area (Å²) < 4.78 is 0. The van der Waals surface area contributed by atoms with Crippen LogP contribution >= 0.6 is 0 Å². The number of rotatable bonds is 6. The van der Waals surface area contributed by atoms with E-state index in [9.17, 15) is 0 Å². The Balaban J connectivity index is 2.15. The lowest BCUT2D eigenvalue weighted by atomic mass is 9.97. The quantitative estimate of drug-likeness (QED) is 0.890. The summed E-state index contributed by atoms with van der Waals surface area (Å²) in [6.45, 7) is 1.89. The number of benzene rings is 2. The lowest BCUT2D eigenvalue weighted by molar-refractivity contribution is 0.402. The van der Waals surface area contributed by atoms with Crippen LogP contribution in [-0.4, -0.2) is 38.0 Å². The highest BCUT2D eigenvalue weighted by molar-refractivity contribution is 5.35. The Hall–Kier alpha value is -1.68. The van der Waals surface area contributed by atoms with Crippen molar-refractivity contribution in [2.75, 3.05) is 28.2 Å². The van der Waals surface area contributed by atoms with Crippen molar-refractivity contribution in [1.82, 2.24) is 9.80 Å². The van der Waals surface area contributed by atoms with Gasteiger partial charge in [-0.2, -0.15) is 0 Å². The standard InChI is InChI=1S/C19H27N3/c1-21(2)13-15-8-10-17(11-9-15)19(20)18-7-5-6-16(12-18)14-22(3)4/h5-12,19H,13-14,20H2,1-4H3. The highest BCUT2D eigenvalue weighted by Gasteiger charge is 2.10. The van der Waals surface area contributed by atoms with Gasteiger partial charge in [-0.15, -0.1) is 0 Å². The molecule has 1 atom stereocenters. The molecule has 0 heterocycles. The van der Waals surface area contributed by atoms with Gasteiger partial charge in [-0.3, -0.25) is 0 Å². The molecule has 0 aromatic heterocycles. The maximum absolute atomic E-state index is 6.44. The van der Waals surface area contributed by atoms with Crippen LogP contribution in [0.2, 0.25) is 0 Å². The normalized spacial score (nSPS) is 12.9. The molecule has 22 heavy (non-hydrogen) atoms. The van der Waals surface area contributed by atoms with Crippen LogP contribution in [0, 0.1) is 0 Å². The molecule has 0 aliphatic heterocycles. The zero-order valence-corrected chi connectivity index (χ0v) is 14.1. The fraction of sp³-hybridized carbons (Fsp3) is 0.368. The average molecular weight is 297 g/mol. The van der Waals surface area contributed by atoms with Gasteiger partial charge in [0.1, 0.15) is 0 Å². The van der Waals surface area contributed by atoms with Crippen molar-refractivity contribution in [3.05, 3.63) is 70.8 Å². The first-order valence-electron chi connectivity index (χ1n) is 7.68. The van der Waals surface area contributed by atoms with Crippen molar-refractivity contribution < 1.29 is 0 Å². The first-order chi connectivity index (χ1) is 10.5. The highest BCUT2D eigenvalue weighted by Crippen LogP contribution is 2.21. The summed E-state index contributed by atoms with van der Waals surface area (Å²) in [5.41, 5.74) is 11.4. The Kier molecular flexibility index (Phi) is 5.72. The SMILES string of the molecule is CN(C)Cc1ccc(C(N)c2cccc(CN(C)C)c2)cc1. The summed E-state index contributed by atoms with van der Waals surface area (Å²) in [7, 11) is 8.32. The van der Waals surface area contributed by atoms with Crippen LogP contribution in [0.5, 0.6) is 0 Å². The Morgan fingerprint density at radius 1 is 0.773 bits per heavy atom. The third-order valence-electron chi connectivity index (χ3n) is 3.65. The zero-order valence-electron chi connectivity index (χ0n) is 14.1. The van der Waals surface area contributed by atoms with Crippen LogP contribution in [0.3, 0.4) is 0 Å². The summed E-state index contributed by atoms with van der Waals surface area (Å²) >= 11 is 0. The van der Waals surface area contributed by atoms with Crippen LogP contribution in [-0.2, 0) is 13.1 Å². The molecule has 0 aliphatic carbocycles. The Labute approximate surface area is 134 Å². The fourth-order valence-corrected chi connectivity index (χ4v) is 2.64. The van der Waals surface area contributed by atoms with E-state index in [-0.39, 0.29) is 6.04 Å². The Bertz CT molecular complexity index is 588. The number of nitrogens with two attached hydrogens (primary N) is 1. The van der Waals surface area contributed by atoms with Gasteiger partial charge in [0.2, 0.25) is 0 Å². The molecule has 3 nitrogen and oxygen atoms in total. The summed E-state index contributed by atoms with van der Waals surface area (Å²) in [6, 6.07) is 17.1. The predicted molar refractivity (Wildman–Crippen MR) is 93.7 cm³/mol. The van der Waals surface area contributed by atoms with E-state index in [0.29, 0.717) is 0 Å². The van der Waals surface area contributed by atoms with Gasteiger partial charge in [-0.25, -0.2) is 0 Å². The predicted octanol–water partition coefficient (Wildman–Crippen LogP) is 2.86. The Morgan fingerprint density at radius 2 is 1.36 bits per heavy atom. The summed E-state index contributed by atoms with van der Waals surface area (Å²) in [6.07, 6.45) is 0. The molecule has 3 heteroatoms. The minimum absolute atomic E-state index is 0.0736. The second-order valence-corrected chi connectivity index (χ2v) is 6.44. The van der Waals surface area contributed by atoms with E-state index in [1.54, 1.807) is 0 Å². The van der Waals surface area contributed by atoms with Crippen LogP contribution in [0.25, 0.3) is 0 Å². The third-order valence-corrected chi connectivity index (χ3v) is 3.65. The van der Waals surface area contributed by atoms with Crippen molar-refractivity contribution in [3.8, 4) is 0 Å². The molecule has 118 valence electrons. The number of nitrogens with zero attached hydrogens (tertiary/aromatic N) is 2. The van der Waals surface area contributed by atoms with Gasteiger partial charge >= 0.3 is 0 Å². The van der Waals surface area contributed by atoms with Crippen LogP contribution in [0.15, 0.2) is 48.5 Å². The molecule has 0 saturated heterocycles. The molecule has 0 aliphatic rings. The smallest absolute Gasteiger partial charge is 0.0551 e. The van der Waals surface area contributed by atoms with E-state index in [1.165, 1.54) is 16.7 Å². The molecule has 2 rings (SSSR count). The van der Waals surface area contributed by atoms with Crippen molar-refractivity contribution in [2.24, 2.45) is 5.73 Å². The monoisotopic (exact) mass is 297 g/mol. The van der Waals surface area contributed by atoms with E-state index in [1.807, 2.05) is 0 Å². The second kappa shape index (κ2) is 7.54. The molecular formula is C19H27N3. The summed E-state index contributed by atoms with van der Waals surface area (Å²) in [5, 5.41) is 0. The zero-order chi connectivity index (χ0) is 16.1. The molecule has 0 spiro atoms. The lowest BCUT2D eigenvalue weighted by Crippen LogP contribution is -2.15. The van der Waals surface area contributed by atoms with Crippen molar-refractivity contribution >= 4 is 0 Å². The van der Waals surface area contributed by atoms with Gasteiger partial charge in [0.05, 0.1) is 6.04 Å². The fourth-order valence-electron chi connectivity index (χ4n) is 2.64. The van der Waals surface area contributed by atoms with E-state index < -0.39 is 0 Å². The Morgan fingerprint density at radius 3 is 1.95 bits per heavy atom. The molecule has 0 fully saturated rings. The largest absolute Gasteiger partial charge is 0.320 e. The van der Waals surface area contributed by atoms with E-state index >= 15 is 0 Å². The van der Waals surface area contributed by atoms with Gasteiger partial charge in [-0.1, -0.05) is 48.5 Å². The van der Waals surface area contributed by atoms with Crippen LogP contribution in [0.4, 0.5) is 0 Å². The van der Waals surface area contributed by atoms with E-state index in [0.717, 1.165) is 18.7 Å². The highest BCUT2D eigenvalue weighted by atomic mass is 15.1. The van der Waals surface area contributed by atoms with Crippen molar-refractivity contribution in [3.63, 3.8) is 0 Å². The van der Waals surface area contributed by atoms with E-state index in [2.05, 4.69) is 86.5 Å². The second-order valence-electron chi connectivity index (χ2n) is 6.44. The van der Waals surface area contributed by atoms with E-state index in [4.69, 9.17) is 5.73 Å². The van der Waals surface area contributed by atoms with Gasteiger partial charge in [-0.05, 0) is 50.4 Å². The van der Waals surface area contributed by atoms with Crippen LogP contribution in [0.1, 0.15) is 28.3 Å². The third kappa shape index (κ3) is 4.67. The first kappa shape index (κ1) is 16.7. The molecule has 2 aromatic carbocycles. The summed E-state index contributed by atoms with van der Waals surface area (Å²) in [4.78, 5) is 4.33. The first-order valence-corrected chi connectivity index (χ1v) is 7.68. The van der Waals surface area contributed by atoms with Gasteiger partial charge in [0, 0.05) is 13.1 Å². The molecule has 2 aromatic rings. The molecular weight excluding hydrogens is 270 g/mol. The molecule has 2 N–H and O–H groups in total. The summed E-state index contributed by atoms with van der Waals surface area (Å²) in [5.74, 6) is 0. The molecule has 1 unspecified atom stereocenters. The van der Waals surface area contributed by atoms with Gasteiger partial charge in [0.25, 0.3) is 0 Å².